The summed E-state index contributed by atoms with van der Waals surface area (Å²) in [5.74, 6) is -1.29. The largest absolute Gasteiger partial charge is 0.490 e. The van der Waals surface area contributed by atoms with Gasteiger partial charge < -0.3 is 14.2 Å². The quantitative estimate of drug-likeness (QED) is 0.579. The number of methoxy groups -OCH3 is 1. The molecule has 4 nitrogen and oxygen atoms in total. The number of hydrogen-bond acceptors (Lipinski definition) is 4. The molecule has 118 valence electrons. The first-order valence-corrected chi connectivity index (χ1v) is 7.19. The Balaban J connectivity index is 2.41. The van der Waals surface area contributed by atoms with E-state index in [1.807, 2.05) is 6.07 Å². The number of benzene rings is 2. The van der Waals surface area contributed by atoms with Gasteiger partial charge in [0.2, 0.25) is 0 Å². The molecule has 0 spiro atoms. The van der Waals surface area contributed by atoms with Crippen molar-refractivity contribution in [3.05, 3.63) is 41.7 Å². The van der Waals surface area contributed by atoms with Gasteiger partial charge in [0, 0.05) is 25.5 Å². The van der Waals surface area contributed by atoms with Crippen LogP contribution in [0.1, 0.15) is 23.7 Å². The van der Waals surface area contributed by atoms with Crippen molar-refractivity contribution >= 4 is 16.7 Å². The summed E-state index contributed by atoms with van der Waals surface area (Å²) in [6, 6.07) is 8.68. The van der Waals surface area contributed by atoms with Crippen LogP contribution in [0.2, 0.25) is 0 Å². The minimum atomic E-state index is -0.688. The maximum absolute atomic E-state index is 14.6. The minimum absolute atomic E-state index is 0.0808. The Hall–Kier alpha value is -2.14. The zero-order valence-electron chi connectivity index (χ0n) is 12.7. The molecule has 0 atom stereocenters. The van der Waals surface area contributed by atoms with Gasteiger partial charge >= 0.3 is 5.97 Å². The van der Waals surface area contributed by atoms with Crippen molar-refractivity contribution in [3.63, 3.8) is 0 Å². The first-order valence-electron chi connectivity index (χ1n) is 7.19. The lowest BCUT2D eigenvalue weighted by molar-refractivity contribution is 0.0520. The number of fused-ring (bicyclic) bond motifs is 1. The van der Waals surface area contributed by atoms with Crippen molar-refractivity contribution < 1.29 is 23.4 Å². The molecule has 0 N–H and O–H groups in total. The van der Waals surface area contributed by atoms with Crippen molar-refractivity contribution in [2.45, 2.75) is 13.3 Å². The molecule has 0 fully saturated rings. The molecule has 0 radical (unpaired) electrons. The van der Waals surface area contributed by atoms with Crippen LogP contribution in [0.15, 0.2) is 30.3 Å². The van der Waals surface area contributed by atoms with E-state index in [0.717, 1.165) is 5.39 Å². The summed E-state index contributed by atoms with van der Waals surface area (Å²) in [7, 11) is 1.59. The van der Waals surface area contributed by atoms with Crippen LogP contribution in [0.3, 0.4) is 0 Å². The molecule has 22 heavy (non-hydrogen) atoms. The second kappa shape index (κ2) is 7.75. The van der Waals surface area contributed by atoms with Crippen LogP contribution >= 0.6 is 0 Å². The Labute approximate surface area is 128 Å². The molecule has 0 aliphatic rings. The Morgan fingerprint density at radius 3 is 2.73 bits per heavy atom. The van der Waals surface area contributed by atoms with E-state index in [0.29, 0.717) is 25.0 Å². The number of halogens is 1. The summed E-state index contributed by atoms with van der Waals surface area (Å²) in [5.41, 5.74) is -0.109. The van der Waals surface area contributed by atoms with Crippen molar-refractivity contribution in [1.29, 1.82) is 0 Å². The summed E-state index contributed by atoms with van der Waals surface area (Å²) < 4.78 is 30.0. The van der Waals surface area contributed by atoms with Crippen LogP contribution in [0.5, 0.6) is 5.75 Å². The minimum Gasteiger partial charge on any atom is -0.490 e. The fourth-order valence-electron chi connectivity index (χ4n) is 2.17. The number of carbonyl (C=O) groups is 1. The molecular weight excluding hydrogens is 287 g/mol. The first-order chi connectivity index (χ1) is 10.7. The Morgan fingerprint density at radius 2 is 2.00 bits per heavy atom. The van der Waals surface area contributed by atoms with E-state index in [1.54, 1.807) is 32.2 Å². The van der Waals surface area contributed by atoms with E-state index in [2.05, 4.69) is 0 Å². The monoisotopic (exact) mass is 306 g/mol. The van der Waals surface area contributed by atoms with Crippen molar-refractivity contribution in [2.75, 3.05) is 26.9 Å². The fraction of sp³-hybridized carbons (Fsp3) is 0.353. The van der Waals surface area contributed by atoms with Gasteiger partial charge in [0.1, 0.15) is 0 Å². The number of ether oxygens (including phenoxy) is 3. The van der Waals surface area contributed by atoms with E-state index in [-0.39, 0.29) is 17.9 Å². The lowest BCUT2D eigenvalue weighted by Crippen LogP contribution is -2.10. The van der Waals surface area contributed by atoms with Gasteiger partial charge in [-0.1, -0.05) is 24.3 Å². The maximum atomic E-state index is 14.6. The van der Waals surface area contributed by atoms with E-state index < -0.39 is 11.8 Å². The summed E-state index contributed by atoms with van der Waals surface area (Å²) in [5, 5.41) is 1.36. The maximum Gasteiger partial charge on any atom is 0.341 e. The average Bonchev–Trinajstić information content (AvgIpc) is 2.53. The summed E-state index contributed by atoms with van der Waals surface area (Å²) in [4.78, 5) is 11.9. The number of carbonyl (C=O) groups excluding carboxylic acids is 1. The summed E-state index contributed by atoms with van der Waals surface area (Å²) in [6.07, 6.45) is 0.633. The van der Waals surface area contributed by atoms with Gasteiger partial charge in [-0.25, -0.2) is 9.18 Å². The second-order valence-electron chi connectivity index (χ2n) is 4.70. The van der Waals surface area contributed by atoms with Gasteiger partial charge in [0.25, 0.3) is 0 Å². The van der Waals surface area contributed by atoms with Gasteiger partial charge in [0.05, 0.1) is 18.8 Å². The van der Waals surface area contributed by atoms with Crippen LogP contribution in [-0.2, 0) is 9.47 Å². The highest BCUT2D eigenvalue weighted by Gasteiger charge is 2.20. The van der Waals surface area contributed by atoms with E-state index in [1.165, 1.54) is 6.07 Å². The highest BCUT2D eigenvalue weighted by Crippen LogP contribution is 2.32. The average molecular weight is 306 g/mol. The molecule has 0 saturated heterocycles. The second-order valence-corrected chi connectivity index (χ2v) is 4.70. The molecular formula is C17H19FO4. The third kappa shape index (κ3) is 3.54. The third-order valence-corrected chi connectivity index (χ3v) is 3.18. The summed E-state index contributed by atoms with van der Waals surface area (Å²) >= 11 is 0. The first kappa shape index (κ1) is 16.2. The van der Waals surface area contributed by atoms with Crippen LogP contribution < -0.4 is 4.74 Å². The fourth-order valence-corrected chi connectivity index (χ4v) is 2.17. The van der Waals surface area contributed by atoms with Gasteiger partial charge in [-0.3, -0.25) is 0 Å². The van der Waals surface area contributed by atoms with Crippen LogP contribution in [0.25, 0.3) is 10.8 Å². The molecule has 0 aliphatic carbocycles. The van der Waals surface area contributed by atoms with Crippen LogP contribution in [-0.4, -0.2) is 32.9 Å². The molecule has 2 rings (SSSR count). The highest BCUT2D eigenvalue weighted by atomic mass is 19.1. The molecule has 0 saturated carbocycles. The predicted molar refractivity (Wildman–Crippen MR) is 81.9 cm³/mol. The van der Waals surface area contributed by atoms with Crippen LogP contribution in [0.4, 0.5) is 4.39 Å². The molecule has 0 bridgehead atoms. The van der Waals surface area contributed by atoms with Crippen molar-refractivity contribution in [2.24, 2.45) is 0 Å². The van der Waals surface area contributed by atoms with E-state index in [9.17, 15) is 9.18 Å². The lowest BCUT2D eigenvalue weighted by atomic mass is 10.0. The normalized spacial score (nSPS) is 10.7. The number of hydrogen-bond donors (Lipinski definition) is 0. The topological polar surface area (TPSA) is 44.8 Å². The predicted octanol–water partition coefficient (Wildman–Crippen LogP) is 3.57. The van der Waals surface area contributed by atoms with Gasteiger partial charge in [0.15, 0.2) is 11.6 Å². The van der Waals surface area contributed by atoms with Crippen molar-refractivity contribution in [1.82, 2.24) is 0 Å². The van der Waals surface area contributed by atoms with Gasteiger partial charge in [-0.2, -0.15) is 0 Å². The molecule has 0 heterocycles. The third-order valence-electron chi connectivity index (χ3n) is 3.18. The summed E-state index contributed by atoms with van der Waals surface area (Å²) in [6.45, 7) is 2.70. The molecule has 0 amide bonds. The van der Waals surface area contributed by atoms with Crippen LogP contribution in [0, 0.1) is 5.82 Å². The smallest absolute Gasteiger partial charge is 0.341 e. The number of rotatable bonds is 7. The van der Waals surface area contributed by atoms with E-state index >= 15 is 0 Å². The van der Waals surface area contributed by atoms with Gasteiger partial charge in [-0.05, 0) is 18.4 Å². The molecule has 2 aromatic rings. The molecule has 2 aromatic carbocycles. The van der Waals surface area contributed by atoms with E-state index in [4.69, 9.17) is 14.2 Å². The standard InChI is InChI=1S/C17H19FO4/c1-3-21-17(19)14-11-12-7-4-5-8-13(12)16(15(14)18)22-10-6-9-20-2/h4-5,7-8,11H,3,6,9-10H2,1-2H3. The Morgan fingerprint density at radius 1 is 1.23 bits per heavy atom. The lowest BCUT2D eigenvalue weighted by Gasteiger charge is -2.13. The molecule has 5 heteroatoms. The Bertz CT molecular complexity index is 654. The molecule has 0 aromatic heterocycles. The zero-order valence-corrected chi connectivity index (χ0v) is 12.7. The van der Waals surface area contributed by atoms with Gasteiger partial charge in [-0.15, -0.1) is 0 Å². The zero-order chi connectivity index (χ0) is 15.9. The SMILES string of the molecule is CCOC(=O)c1cc2ccccc2c(OCCCOC)c1F. The Kier molecular flexibility index (Phi) is 5.72. The number of esters is 1. The molecule has 0 aliphatic heterocycles. The van der Waals surface area contributed by atoms with Crippen molar-refractivity contribution in [3.8, 4) is 5.75 Å². The molecule has 0 unspecified atom stereocenters. The highest BCUT2D eigenvalue weighted by molar-refractivity contribution is 5.98.